The highest BCUT2D eigenvalue weighted by Gasteiger charge is 2.59. The van der Waals surface area contributed by atoms with Crippen molar-refractivity contribution >= 4 is 11.8 Å². The summed E-state index contributed by atoms with van der Waals surface area (Å²) in [6, 6.07) is 16.4. The van der Waals surface area contributed by atoms with Crippen LogP contribution in [-0.4, -0.2) is 51.7 Å². The van der Waals surface area contributed by atoms with Crippen LogP contribution >= 0.6 is 0 Å². The molecular weight excluding hydrogens is 681 g/mol. The second-order valence-corrected chi connectivity index (χ2v) is 20.0. The number of allylic oxidation sites excluding steroid dienone is 2. The molecule has 6 heteroatoms. The van der Waals surface area contributed by atoms with Crippen LogP contribution in [0.3, 0.4) is 0 Å². The van der Waals surface area contributed by atoms with E-state index in [0.717, 1.165) is 91.4 Å². The Balaban J connectivity index is 1.15. The fourth-order valence-corrected chi connectivity index (χ4v) is 13.3. The van der Waals surface area contributed by atoms with Crippen molar-refractivity contribution in [2.45, 2.75) is 160 Å². The van der Waals surface area contributed by atoms with Gasteiger partial charge < -0.3 is 20.4 Å². The lowest BCUT2D eigenvalue weighted by Crippen LogP contribution is -2.59. The number of carbonyl (C=O) groups excluding carboxylic acids is 2. The maximum absolute atomic E-state index is 14.7. The molecular formula is C49H68N2O4. The predicted molar refractivity (Wildman–Crippen MR) is 220 cm³/mol. The van der Waals surface area contributed by atoms with Gasteiger partial charge in [-0.05, 0) is 162 Å². The van der Waals surface area contributed by atoms with Gasteiger partial charge in [0.05, 0.1) is 24.3 Å². The maximum Gasteiger partial charge on any atom is 0.317 e. The number of urea groups is 1. The number of aliphatic hydroxyl groups is 2. The fourth-order valence-electron chi connectivity index (χ4n) is 13.3. The molecule has 8 aliphatic rings. The molecule has 0 saturated heterocycles. The van der Waals surface area contributed by atoms with Crippen LogP contribution in [0.25, 0.3) is 0 Å². The average Bonchev–Trinajstić information content (AvgIpc) is 3.41. The number of ketones is 1. The number of amides is 2. The van der Waals surface area contributed by atoms with Gasteiger partial charge >= 0.3 is 6.03 Å². The number of hydrogen-bond acceptors (Lipinski definition) is 4. The van der Waals surface area contributed by atoms with Crippen molar-refractivity contribution in [3.8, 4) is 0 Å². The summed E-state index contributed by atoms with van der Waals surface area (Å²) in [6.45, 7) is 7.51. The minimum absolute atomic E-state index is 0.0247. The smallest absolute Gasteiger partial charge is 0.317 e. The van der Waals surface area contributed by atoms with Gasteiger partial charge in [-0.3, -0.25) is 4.79 Å². The molecule has 2 aromatic carbocycles. The molecule has 0 aromatic heterocycles. The van der Waals surface area contributed by atoms with Gasteiger partial charge in [0.1, 0.15) is 0 Å². The molecule has 10 rings (SSSR count). The summed E-state index contributed by atoms with van der Waals surface area (Å²) >= 11 is 0. The average molecular weight is 749 g/mol. The molecule has 2 amide bonds. The Morgan fingerprint density at radius 1 is 0.891 bits per heavy atom. The lowest BCUT2D eigenvalue weighted by Gasteiger charge is -2.58. The molecule has 298 valence electrons. The molecule has 8 aliphatic carbocycles. The Labute approximate surface area is 330 Å². The van der Waals surface area contributed by atoms with Gasteiger partial charge in [0.2, 0.25) is 0 Å². The second kappa shape index (κ2) is 15.8. The first kappa shape index (κ1) is 38.9. The van der Waals surface area contributed by atoms with Crippen molar-refractivity contribution in [3.63, 3.8) is 0 Å². The number of aliphatic hydroxyl groups excluding tert-OH is 1. The van der Waals surface area contributed by atoms with Crippen molar-refractivity contribution < 1.29 is 19.8 Å². The molecule has 3 N–H and O–H groups in total. The van der Waals surface area contributed by atoms with Crippen molar-refractivity contribution in [3.05, 3.63) is 82.4 Å². The minimum atomic E-state index is -1.13. The lowest BCUT2D eigenvalue weighted by molar-refractivity contribution is -0.0985. The molecule has 6 fully saturated rings. The molecule has 6 saturated carbocycles. The first-order valence-electron chi connectivity index (χ1n) is 22.3. The summed E-state index contributed by atoms with van der Waals surface area (Å²) in [5.74, 6) is 2.58. The number of nitrogens with one attached hydrogen (secondary N) is 1. The molecule has 0 aliphatic heterocycles. The van der Waals surface area contributed by atoms with E-state index in [2.05, 4.69) is 67.4 Å². The van der Waals surface area contributed by atoms with Crippen LogP contribution in [0.5, 0.6) is 0 Å². The normalized spacial score (nSPS) is 35.4. The van der Waals surface area contributed by atoms with Gasteiger partial charge in [-0.1, -0.05) is 80.3 Å². The minimum Gasteiger partial charge on any atom is -0.393 e. The van der Waals surface area contributed by atoms with E-state index < -0.39 is 17.1 Å². The van der Waals surface area contributed by atoms with Gasteiger partial charge in [-0.15, -0.1) is 0 Å². The summed E-state index contributed by atoms with van der Waals surface area (Å²) < 4.78 is 0. The first-order chi connectivity index (χ1) is 26.4. The number of fused-ring (bicyclic) bond motifs is 8. The van der Waals surface area contributed by atoms with Crippen LogP contribution < -0.4 is 5.32 Å². The van der Waals surface area contributed by atoms with E-state index in [1.165, 1.54) is 50.5 Å². The van der Waals surface area contributed by atoms with Crippen molar-refractivity contribution in [1.29, 1.82) is 0 Å². The van der Waals surface area contributed by atoms with Crippen molar-refractivity contribution in [2.75, 3.05) is 13.1 Å². The van der Waals surface area contributed by atoms with Gasteiger partial charge in [-0.2, -0.15) is 0 Å². The Morgan fingerprint density at radius 3 is 2.27 bits per heavy atom. The van der Waals surface area contributed by atoms with Gasteiger partial charge in [0, 0.05) is 23.4 Å². The monoisotopic (exact) mass is 749 g/mol. The third kappa shape index (κ3) is 7.98. The van der Waals surface area contributed by atoms with E-state index in [-0.39, 0.29) is 35.1 Å². The number of hydrogen-bond donors (Lipinski definition) is 3. The van der Waals surface area contributed by atoms with Gasteiger partial charge in [-0.25, -0.2) is 4.79 Å². The van der Waals surface area contributed by atoms with Crippen LogP contribution in [0.4, 0.5) is 4.79 Å². The largest absolute Gasteiger partial charge is 0.393 e. The molecule has 6 bridgehead atoms. The molecule has 6 nitrogen and oxygen atoms in total. The summed E-state index contributed by atoms with van der Waals surface area (Å²) in [4.78, 5) is 31.4. The summed E-state index contributed by atoms with van der Waals surface area (Å²) in [5, 5.41) is 27.9. The maximum atomic E-state index is 14.7. The summed E-state index contributed by atoms with van der Waals surface area (Å²) in [5.41, 5.74) is 3.69. The Bertz CT molecular complexity index is 1690. The van der Waals surface area contributed by atoms with Crippen molar-refractivity contribution in [2.24, 2.45) is 34.5 Å². The van der Waals surface area contributed by atoms with E-state index in [4.69, 9.17) is 0 Å². The highest BCUT2D eigenvalue weighted by Crippen LogP contribution is 2.62. The topological polar surface area (TPSA) is 89.9 Å². The van der Waals surface area contributed by atoms with Crippen LogP contribution in [0.2, 0.25) is 0 Å². The van der Waals surface area contributed by atoms with E-state index in [1.54, 1.807) is 0 Å². The molecule has 2 aromatic rings. The third-order valence-corrected chi connectivity index (χ3v) is 16.0. The Morgan fingerprint density at radius 2 is 1.58 bits per heavy atom. The predicted octanol–water partition coefficient (Wildman–Crippen LogP) is 10.5. The highest BCUT2D eigenvalue weighted by atomic mass is 16.3. The van der Waals surface area contributed by atoms with Crippen molar-refractivity contribution in [1.82, 2.24) is 10.2 Å². The van der Waals surface area contributed by atoms with E-state index >= 15 is 0 Å². The lowest BCUT2D eigenvalue weighted by atomic mass is 9.49. The quantitative estimate of drug-likeness (QED) is 0.185. The number of Topliss-reactive ketones (excluding diaryl/α,β-unsaturated/α-hetero) is 1. The van der Waals surface area contributed by atoms with Gasteiger partial charge in [0.25, 0.3) is 0 Å². The zero-order valence-corrected chi connectivity index (χ0v) is 34.0. The van der Waals surface area contributed by atoms with E-state index in [9.17, 15) is 19.8 Å². The van der Waals surface area contributed by atoms with Crippen LogP contribution in [0.15, 0.2) is 60.2 Å². The zero-order valence-electron chi connectivity index (χ0n) is 34.0. The summed E-state index contributed by atoms with van der Waals surface area (Å²) in [7, 11) is 0. The third-order valence-electron chi connectivity index (χ3n) is 16.0. The zero-order chi connectivity index (χ0) is 38.4. The molecule has 55 heavy (non-hydrogen) atoms. The first-order valence-corrected chi connectivity index (χ1v) is 22.3. The number of benzene rings is 2. The highest BCUT2D eigenvalue weighted by molar-refractivity contribution is 5.99. The van der Waals surface area contributed by atoms with E-state index in [1.807, 2.05) is 18.2 Å². The number of carbonyl (C=O) groups is 2. The standard InChI is InChI=1S/C49H68N2O4/c1-33-11-10-21-47(3)44(42-19-17-35(26-41(52)18-16-33)27-43(42)45(53)40-14-8-5-9-15-40)20-22-49(47,55)32-51(46(54)50-34(2)39-12-6-4-7-13-39)31-48-28-36-23-37(29-48)25-38(24-36)30-48/h4,6-7,11-13,17,19,27,34,36-38,40-41,44,52,55H,5,8-10,14-16,18,20-26,28-32H2,1-3H3,(H,50,54). The Hall–Kier alpha value is -2.96. The van der Waals surface area contributed by atoms with Crippen LogP contribution in [-0.2, 0) is 6.42 Å². The Kier molecular flexibility index (Phi) is 11.1. The number of nitrogens with zero attached hydrogens (tertiary/aromatic N) is 1. The molecule has 0 radical (unpaired) electrons. The SMILES string of the molecule is CC1=CCCC2(C)C(CCC2(O)CN(CC23CC4CC(CC(C4)C2)C3)C(=O)NC(C)c2ccccc2)c2ccc(cc2C(=O)C2CCCCC2)CC(O)CC1. The number of rotatable bonds is 8. The molecule has 5 unspecified atom stereocenters. The fraction of sp³-hybridized carbons (Fsp3) is 0.673. The molecule has 5 atom stereocenters. The van der Waals surface area contributed by atoms with Gasteiger partial charge in [0.15, 0.2) is 5.78 Å². The van der Waals surface area contributed by atoms with Crippen LogP contribution in [0.1, 0.15) is 169 Å². The van der Waals surface area contributed by atoms with Crippen LogP contribution in [0, 0.1) is 34.5 Å². The summed E-state index contributed by atoms with van der Waals surface area (Å²) in [6.07, 6.45) is 19.8. The molecule has 0 heterocycles. The van der Waals surface area contributed by atoms with E-state index in [0.29, 0.717) is 32.4 Å². The molecule has 0 spiro atoms. The second-order valence-electron chi connectivity index (χ2n) is 20.0.